The van der Waals surface area contributed by atoms with Crippen molar-refractivity contribution in [1.29, 1.82) is 0 Å². The van der Waals surface area contributed by atoms with Crippen molar-refractivity contribution in [3.05, 3.63) is 71.4 Å². The normalized spacial score (nSPS) is 20.2. The minimum absolute atomic E-state index is 0.196. The predicted octanol–water partition coefficient (Wildman–Crippen LogP) is 1.95. The molecule has 0 saturated carbocycles. The number of H-pyrrole nitrogens is 1. The average Bonchev–Trinajstić information content (AvgIpc) is 3.09. The van der Waals surface area contributed by atoms with Crippen LogP contribution in [0.3, 0.4) is 0 Å². The summed E-state index contributed by atoms with van der Waals surface area (Å²) < 4.78 is 0. The zero-order chi connectivity index (χ0) is 19.0. The number of hydrogen-bond donors (Lipinski definition) is 4. The summed E-state index contributed by atoms with van der Waals surface area (Å²) in [4.78, 5) is 27.8. The summed E-state index contributed by atoms with van der Waals surface area (Å²) in [6, 6.07) is 13.1. The highest BCUT2D eigenvalue weighted by molar-refractivity contribution is 5.92. The molecule has 1 aromatic heterocycles. The monoisotopic (exact) mass is 363 g/mol. The SMILES string of the molecule is N[C@@H](Cc1c[nH]c2ccccc12)C(=O)C1NC(C(=O)O)Cc2ccccc21. The van der Waals surface area contributed by atoms with Gasteiger partial charge in [0.15, 0.2) is 5.78 Å². The number of para-hydroxylation sites is 1. The van der Waals surface area contributed by atoms with Gasteiger partial charge in [-0.3, -0.25) is 14.9 Å². The number of carboxylic acid groups (broad SMARTS) is 1. The van der Waals surface area contributed by atoms with Crippen molar-refractivity contribution in [3.63, 3.8) is 0 Å². The number of carbonyl (C=O) groups is 2. The number of nitrogens with two attached hydrogens (primary N) is 1. The van der Waals surface area contributed by atoms with E-state index in [-0.39, 0.29) is 5.78 Å². The summed E-state index contributed by atoms with van der Waals surface area (Å²) in [5, 5.41) is 13.4. The van der Waals surface area contributed by atoms with E-state index >= 15 is 0 Å². The summed E-state index contributed by atoms with van der Waals surface area (Å²) in [5.74, 6) is -1.16. The molecule has 1 aliphatic rings. The highest BCUT2D eigenvalue weighted by Crippen LogP contribution is 2.28. The van der Waals surface area contributed by atoms with Crippen LogP contribution in [0.15, 0.2) is 54.7 Å². The molecule has 27 heavy (non-hydrogen) atoms. The van der Waals surface area contributed by atoms with Gasteiger partial charge in [-0.2, -0.15) is 0 Å². The Morgan fingerprint density at radius 2 is 1.89 bits per heavy atom. The molecule has 3 aromatic rings. The van der Waals surface area contributed by atoms with Crippen LogP contribution in [-0.4, -0.2) is 33.9 Å². The smallest absolute Gasteiger partial charge is 0.321 e. The van der Waals surface area contributed by atoms with Crippen LogP contribution in [0.5, 0.6) is 0 Å². The molecule has 0 bridgehead atoms. The molecule has 0 spiro atoms. The summed E-state index contributed by atoms with van der Waals surface area (Å²) in [6.45, 7) is 0. The molecule has 2 unspecified atom stereocenters. The Kier molecular flexibility index (Phi) is 4.51. The van der Waals surface area contributed by atoms with Crippen LogP contribution in [0.1, 0.15) is 22.7 Å². The fourth-order valence-electron chi connectivity index (χ4n) is 3.82. The van der Waals surface area contributed by atoms with Gasteiger partial charge >= 0.3 is 5.97 Å². The minimum atomic E-state index is -0.965. The quantitative estimate of drug-likeness (QED) is 0.554. The van der Waals surface area contributed by atoms with Crippen molar-refractivity contribution in [2.75, 3.05) is 0 Å². The summed E-state index contributed by atoms with van der Waals surface area (Å²) in [7, 11) is 0. The molecule has 0 fully saturated rings. The lowest BCUT2D eigenvalue weighted by atomic mass is 9.85. The highest BCUT2D eigenvalue weighted by atomic mass is 16.4. The maximum atomic E-state index is 13.1. The van der Waals surface area contributed by atoms with Crippen LogP contribution in [0, 0.1) is 0 Å². The third-order valence-electron chi connectivity index (χ3n) is 5.22. The third kappa shape index (κ3) is 3.25. The average molecular weight is 363 g/mol. The van der Waals surface area contributed by atoms with E-state index < -0.39 is 24.1 Å². The number of aromatic nitrogens is 1. The Labute approximate surface area is 156 Å². The molecule has 1 aliphatic heterocycles. The first kappa shape index (κ1) is 17.5. The molecule has 6 nitrogen and oxygen atoms in total. The molecule has 5 N–H and O–H groups in total. The largest absolute Gasteiger partial charge is 0.480 e. The second-order valence-corrected chi connectivity index (χ2v) is 6.97. The molecular formula is C21H21N3O3. The van der Waals surface area contributed by atoms with Gasteiger partial charge in [-0.15, -0.1) is 0 Å². The predicted molar refractivity (Wildman–Crippen MR) is 102 cm³/mol. The molecule has 2 heterocycles. The molecule has 138 valence electrons. The first-order chi connectivity index (χ1) is 13.0. The van der Waals surface area contributed by atoms with E-state index in [0.29, 0.717) is 12.8 Å². The van der Waals surface area contributed by atoms with Crippen molar-refractivity contribution in [1.82, 2.24) is 10.3 Å². The van der Waals surface area contributed by atoms with Crippen molar-refractivity contribution < 1.29 is 14.7 Å². The molecular weight excluding hydrogens is 342 g/mol. The molecule has 3 atom stereocenters. The number of ketones is 1. The Morgan fingerprint density at radius 3 is 2.70 bits per heavy atom. The van der Waals surface area contributed by atoms with Crippen LogP contribution >= 0.6 is 0 Å². The van der Waals surface area contributed by atoms with Crippen LogP contribution < -0.4 is 11.1 Å². The van der Waals surface area contributed by atoms with Gasteiger partial charge in [0.1, 0.15) is 6.04 Å². The van der Waals surface area contributed by atoms with Gasteiger partial charge in [0.05, 0.1) is 12.1 Å². The Morgan fingerprint density at radius 1 is 1.15 bits per heavy atom. The molecule has 0 radical (unpaired) electrons. The van der Waals surface area contributed by atoms with Crippen molar-refractivity contribution in [2.45, 2.75) is 31.0 Å². The summed E-state index contributed by atoms with van der Waals surface area (Å²) >= 11 is 0. The van der Waals surface area contributed by atoms with Crippen molar-refractivity contribution in [2.24, 2.45) is 5.73 Å². The number of carbonyl (C=O) groups excluding carboxylic acids is 1. The Bertz CT molecular complexity index is 1010. The second-order valence-electron chi connectivity index (χ2n) is 6.97. The standard InChI is InChI=1S/C21H21N3O3/c22-16(9-13-11-23-17-8-4-3-6-14(13)17)20(25)19-15-7-2-1-5-12(15)10-18(24-19)21(26)27/h1-8,11,16,18-19,23-24H,9-10,22H2,(H,26,27)/t16-,18?,19?/m0/s1. The fraction of sp³-hybridized carbons (Fsp3) is 0.238. The number of fused-ring (bicyclic) bond motifs is 2. The molecule has 4 rings (SSSR count). The molecule has 0 amide bonds. The van der Waals surface area contributed by atoms with E-state index in [9.17, 15) is 14.7 Å². The lowest BCUT2D eigenvalue weighted by molar-refractivity contribution is -0.140. The Balaban J connectivity index is 1.60. The summed E-state index contributed by atoms with van der Waals surface area (Å²) in [5.41, 5.74) is 9.93. The van der Waals surface area contributed by atoms with Gasteiger partial charge in [-0.05, 0) is 35.6 Å². The zero-order valence-corrected chi connectivity index (χ0v) is 14.7. The topological polar surface area (TPSA) is 108 Å². The van der Waals surface area contributed by atoms with Gasteiger partial charge in [0.2, 0.25) is 0 Å². The van der Waals surface area contributed by atoms with E-state index in [1.165, 1.54) is 0 Å². The van der Waals surface area contributed by atoms with Crippen molar-refractivity contribution in [3.8, 4) is 0 Å². The minimum Gasteiger partial charge on any atom is -0.480 e. The molecule has 6 heteroatoms. The number of benzene rings is 2. The number of aliphatic carboxylic acids is 1. The van der Waals surface area contributed by atoms with Crippen molar-refractivity contribution >= 4 is 22.7 Å². The summed E-state index contributed by atoms with van der Waals surface area (Å²) in [6.07, 6.45) is 2.62. The molecule has 2 aromatic carbocycles. The van der Waals surface area contributed by atoms with E-state index in [1.54, 1.807) is 0 Å². The lowest BCUT2D eigenvalue weighted by Crippen LogP contribution is -2.51. The number of hydrogen-bond acceptors (Lipinski definition) is 4. The van der Waals surface area contributed by atoms with Gasteiger partial charge in [0.25, 0.3) is 0 Å². The van der Waals surface area contributed by atoms with Gasteiger partial charge in [-0.25, -0.2) is 0 Å². The number of aromatic amines is 1. The first-order valence-corrected chi connectivity index (χ1v) is 8.95. The van der Waals surface area contributed by atoms with Gasteiger partial charge in [-0.1, -0.05) is 42.5 Å². The maximum Gasteiger partial charge on any atom is 0.321 e. The Hall–Kier alpha value is -2.96. The van der Waals surface area contributed by atoms with E-state index in [4.69, 9.17) is 5.73 Å². The first-order valence-electron chi connectivity index (χ1n) is 8.95. The van der Waals surface area contributed by atoms with Crippen LogP contribution in [-0.2, 0) is 22.4 Å². The second kappa shape index (κ2) is 6.98. The van der Waals surface area contributed by atoms with E-state index in [0.717, 1.165) is 27.6 Å². The van der Waals surface area contributed by atoms with Gasteiger partial charge < -0.3 is 15.8 Å². The number of Topliss-reactive ketones (excluding diaryl/α,β-unsaturated/α-hetero) is 1. The number of nitrogens with one attached hydrogen (secondary N) is 2. The van der Waals surface area contributed by atoms with Gasteiger partial charge in [0, 0.05) is 17.1 Å². The molecule has 0 aliphatic carbocycles. The van der Waals surface area contributed by atoms with E-state index in [1.807, 2.05) is 54.7 Å². The fourth-order valence-corrected chi connectivity index (χ4v) is 3.82. The maximum absolute atomic E-state index is 13.1. The van der Waals surface area contributed by atoms with E-state index in [2.05, 4.69) is 10.3 Å². The number of carboxylic acids is 1. The van der Waals surface area contributed by atoms with Crippen LogP contribution in [0.4, 0.5) is 0 Å². The van der Waals surface area contributed by atoms with Crippen LogP contribution in [0.25, 0.3) is 10.9 Å². The molecule has 0 saturated heterocycles. The third-order valence-corrected chi connectivity index (χ3v) is 5.22. The number of rotatable bonds is 5. The zero-order valence-electron chi connectivity index (χ0n) is 14.7. The highest BCUT2D eigenvalue weighted by Gasteiger charge is 2.36. The lowest BCUT2D eigenvalue weighted by Gasteiger charge is -2.31. The van der Waals surface area contributed by atoms with Crippen LogP contribution in [0.2, 0.25) is 0 Å².